The Balaban J connectivity index is 2.04. The monoisotopic (exact) mass is 315 g/mol. The lowest BCUT2D eigenvalue weighted by molar-refractivity contribution is -0.161. The van der Waals surface area contributed by atoms with Gasteiger partial charge in [0.15, 0.2) is 0 Å². The number of nitrogens with one attached hydrogen (secondary N) is 1. The van der Waals surface area contributed by atoms with Gasteiger partial charge in [-0.25, -0.2) is 9.59 Å². The fourth-order valence-corrected chi connectivity index (χ4v) is 3.63. The molecular weight excluding hydrogens is 298 g/mol. The molecule has 0 spiro atoms. The van der Waals surface area contributed by atoms with Gasteiger partial charge < -0.3 is 26.2 Å². The number of carboxylic acids is 1. The molecule has 3 atom stereocenters. The van der Waals surface area contributed by atoms with Gasteiger partial charge in [0, 0.05) is 5.75 Å². The van der Waals surface area contributed by atoms with E-state index in [-0.39, 0.29) is 23.5 Å². The van der Waals surface area contributed by atoms with Crippen LogP contribution in [0.1, 0.15) is 13.3 Å². The fraction of sp³-hybridized carbons (Fsp3) is 0.583. The molecule has 2 rings (SSSR count). The largest absolute Gasteiger partial charge is 0.477 e. The highest BCUT2D eigenvalue weighted by atomic mass is 32.2. The first-order valence-electron chi connectivity index (χ1n) is 6.42. The molecule has 3 unspecified atom stereocenters. The maximum absolute atomic E-state index is 12.0. The van der Waals surface area contributed by atoms with Crippen molar-refractivity contribution in [2.75, 3.05) is 11.6 Å². The smallest absolute Gasteiger partial charge is 0.352 e. The number of hydrogen-bond acceptors (Lipinski definition) is 5. The van der Waals surface area contributed by atoms with Crippen molar-refractivity contribution in [3.8, 4) is 0 Å². The van der Waals surface area contributed by atoms with Crippen LogP contribution < -0.4 is 11.1 Å². The van der Waals surface area contributed by atoms with E-state index >= 15 is 0 Å². The van der Waals surface area contributed by atoms with Crippen LogP contribution in [0, 0.1) is 5.92 Å². The maximum Gasteiger partial charge on any atom is 0.352 e. The standard InChI is InChI=1S/C12H17N3O5S/c1-5(16)8-7-2-6(3-21-4-14-12(13)20)9(11(18)19)15(7)10(8)17/h5,7-8,16H,2-4H2,1H3,(H,18,19)(H3,13,14,20). The summed E-state index contributed by atoms with van der Waals surface area (Å²) < 4.78 is 0. The van der Waals surface area contributed by atoms with Crippen LogP contribution >= 0.6 is 11.8 Å². The lowest BCUT2D eigenvalue weighted by atomic mass is 9.83. The molecule has 0 radical (unpaired) electrons. The second kappa shape index (κ2) is 5.94. The lowest BCUT2D eigenvalue weighted by Gasteiger charge is -2.44. The molecule has 9 heteroatoms. The quantitative estimate of drug-likeness (QED) is 0.291. The highest BCUT2D eigenvalue weighted by Crippen LogP contribution is 2.44. The van der Waals surface area contributed by atoms with Gasteiger partial charge in [-0.05, 0) is 18.9 Å². The van der Waals surface area contributed by atoms with Crippen LogP contribution in [0.4, 0.5) is 4.79 Å². The zero-order valence-corrected chi connectivity index (χ0v) is 12.2. The summed E-state index contributed by atoms with van der Waals surface area (Å²) in [5, 5.41) is 21.3. The lowest BCUT2D eigenvalue weighted by Crippen LogP contribution is -2.61. The first kappa shape index (κ1) is 15.6. The second-order valence-corrected chi connectivity index (χ2v) is 6.02. The summed E-state index contributed by atoms with van der Waals surface area (Å²) in [4.78, 5) is 35.1. The van der Waals surface area contributed by atoms with Gasteiger partial charge in [-0.1, -0.05) is 0 Å². The number of amides is 3. The maximum atomic E-state index is 12.0. The Labute approximate surface area is 125 Å². The van der Waals surface area contributed by atoms with Crippen LogP contribution in [0.5, 0.6) is 0 Å². The highest BCUT2D eigenvalue weighted by molar-refractivity contribution is 7.99. The number of aliphatic carboxylic acids is 1. The number of urea groups is 1. The molecular formula is C12H17N3O5S. The molecule has 0 aromatic carbocycles. The molecule has 2 heterocycles. The number of carbonyl (C=O) groups is 3. The van der Waals surface area contributed by atoms with E-state index in [2.05, 4.69) is 5.32 Å². The van der Waals surface area contributed by atoms with E-state index in [4.69, 9.17) is 5.73 Å². The van der Waals surface area contributed by atoms with Crippen LogP contribution in [0.25, 0.3) is 0 Å². The fourth-order valence-electron chi connectivity index (χ4n) is 2.79. The summed E-state index contributed by atoms with van der Waals surface area (Å²) >= 11 is 1.31. The summed E-state index contributed by atoms with van der Waals surface area (Å²) in [5.74, 6) is -1.37. The molecule has 2 aliphatic rings. The zero-order valence-electron chi connectivity index (χ0n) is 11.4. The minimum Gasteiger partial charge on any atom is -0.477 e. The minimum absolute atomic E-state index is 0.00785. The third kappa shape index (κ3) is 2.84. The van der Waals surface area contributed by atoms with Crippen molar-refractivity contribution in [1.82, 2.24) is 10.2 Å². The number of carboxylic acid groups (broad SMARTS) is 1. The normalized spacial score (nSPS) is 25.4. The number of fused-ring (bicyclic) bond motifs is 1. The van der Waals surface area contributed by atoms with E-state index < -0.39 is 24.0 Å². The first-order valence-corrected chi connectivity index (χ1v) is 7.57. The van der Waals surface area contributed by atoms with Crippen LogP contribution in [-0.4, -0.2) is 56.8 Å². The Morgan fingerprint density at radius 1 is 1.57 bits per heavy atom. The summed E-state index contributed by atoms with van der Waals surface area (Å²) in [6.45, 7) is 1.53. The molecule has 0 bridgehead atoms. The van der Waals surface area contributed by atoms with Crippen molar-refractivity contribution < 1.29 is 24.6 Å². The number of primary amides is 1. The van der Waals surface area contributed by atoms with E-state index in [1.807, 2.05) is 0 Å². The molecule has 1 saturated heterocycles. The van der Waals surface area contributed by atoms with E-state index in [0.717, 1.165) is 0 Å². The average molecular weight is 315 g/mol. The molecule has 5 N–H and O–H groups in total. The Hall–Kier alpha value is -1.74. The Kier molecular flexibility index (Phi) is 4.43. The Morgan fingerprint density at radius 3 is 2.76 bits per heavy atom. The van der Waals surface area contributed by atoms with Gasteiger partial charge in [0.05, 0.1) is 23.9 Å². The predicted molar refractivity (Wildman–Crippen MR) is 75.1 cm³/mol. The number of thioether (sulfide) groups is 1. The molecule has 0 aliphatic carbocycles. The molecule has 0 saturated carbocycles. The Morgan fingerprint density at radius 2 is 2.24 bits per heavy atom. The second-order valence-electron chi connectivity index (χ2n) is 5.04. The summed E-state index contributed by atoms with van der Waals surface area (Å²) in [5.41, 5.74) is 5.58. The van der Waals surface area contributed by atoms with Crippen molar-refractivity contribution in [2.45, 2.75) is 25.5 Å². The molecule has 2 aliphatic heterocycles. The SMILES string of the molecule is CC(O)C1C(=O)N2C(C(=O)O)=C(CSCNC(N)=O)CC12. The first-order chi connectivity index (χ1) is 9.84. The van der Waals surface area contributed by atoms with Crippen LogP contribution in [0.3, 0.4) is 0 Å². The molecule has 1 fully saturated rings. The van der Waals surface area contributed by atoms with Crippen molar-refractivity contribution in [3.05, 3.63) is 11.3 Å². The van der Waals surface area contributed by atoms with Crippen molar-refractivity contribution in [2.24, 2.45) is 11.7 Å². The number of aliphatic hydroxyl groups excluding tert-OH is 1. The van der Waals surface area contributed by atoms with Crippen LogP contribution in [-0.2, 0) is 9.59 Å². The third-order valence-corrected chi connectivity index (χ3v) is 4.55. The predicted octanol–water partition coefficient (Wildman–Crippen LogP) is -0.704. The number of nitrogens with zero attached hydrogens (tertiary/aromatic N) is 1. The number of β-lactam (4-membered cyclic amide) rings is 1. The molecule has 0 aromatic rings. The van der Waals surface area contributed by atoms with E-state index in [1.54, 1.807) is 0 Å². The third-order valence-electron chi connectivity index (χ3n) is 3.65. The van der Waals surface area contributed by atoms with Crippen molar-refractivity contribution in [3.63, 3.8) is 0 Å². The summed E-state index contributed by atoms with van der Waals surface area (Å²) in [7, 11) is 0. The number of nitrogens with two attached hydrogens (primary N) is 1. The van der Waals surface area contributed by atoms with E-state index in [1.165, 1.54) is 23.6 Å². The molecule has 3 amide bonds. The topological polar surface area (TPSA) is 133 Å². The highest BCUT2D eigenvalue weighted by Gasteiger charge is 2.56. The van der Waals surface area contributed by atoms with Gasteiger partial charge in [-0.3, -0.25) is 4.79 Å². The number of aliphatic hydroxyl groups is 1. The van der Waals surface area contributed by atoms with E-state index in [0.29, 0.717) is 17.7 Å². The zero-order chi connectivity index (χ0) is 15.7. The molecule has 8 nitrogen and oxygen atoms in total. The van der Waals surface area contributed by atoms with Crippen LogP contribution in [0.2, 0.25) is 0 Å². The summed E-state index contributed by atoms with van der Waals surface area (Å²) in [6, 6.07) is -0.919. The van der Waals surface area contributed by atoms with Crippen molar-refractivity contribution >= 4 is 29.7 Å². The summed E-state index contributed by atoms with van der Waals surface area (Å²) in [6.07, 6.45) is -0.357. The van der Waals surface area contributed by atoms with Crippen molar-refractivity contribution in [1.29, 1.82) is 0 Å². The van der Waals surface area contributed by atoms with Gasteiger partial charge >= 0.3 is 12.0 Å². The average Bonchev–Trinajstić information content (AvgIpc) is 2.68. The van der Waals surface area contributed by atoms with Gasteiger partial charge in [-0.15, -0.1) is 11.8 Å². The van der Waals surface area contributed by atoms with Gasteiger partial charge in [0.2, 0.25) is 5.91 Å². The van der Waals surface area contributed by atoms with Gasteiger partial charge in [0.1, 0.15) is 5.70 Å². The molecule has 116 valence electrons. The number of carbonyl (C=O) groups excluding carboxylic acids is 2. The minimum atomic E-state index is -1.15. The number of hydrogen-bond donors (Lipinski definition) is 4. The molecule has 0 aromatic heterocycles. The Bertz CT molecular complexity index is 519. The molecule has 21 heavy (non-hydrogen) atoms. The number of rotatable bonds is 6. The van der Waals surface area contributed by atoms with E-state index in [9.17, 15) is 24.6 Å². The van der Waals surface area contributed by atoms with Gasteiger partial charge in [-0.2, -0.15) is 0 Å². The van der Waals surface area contributed by atoms with Crippen LogP contribution in [0.15, 0.2) is 11.3 Å². The van der Waals surface area contributed by atoms with Gasteiger partial charge in [0.25, 0.3) is 0 Å².